The standard InChI is InChI=1S/C20H15F4NO3S/c21-13-2-1-8(19(26)25-9-4-14(22)18(24)15(23)5-9)3-16(13)29-10-6-11-12(7-10)17(11)20(27)28/h1-5,10-12,17H,6-7H2,(H,25,26)(H,27,28)/t10?,11-,12?,17?/m1/s1. The van der Waals surface area contributed by atoms with Crippen molar-refractivity contribution in [2.45, 2.75) is 23.0 Å². The van der Waals surface area contributed by atoms with E-state index in [9.17, 15) is 27.2 Å². The fourth-order valence-corrected chi connectivity index (χ4v) is 5.37. The smallest absolute Gasteiger partial charge is 0.307 e. The van der Waals surface area contributed by atoms with E-state index in [4.69, 9.17) is 5.11 Å². The molecular weight excluding hydrogens is 410 g/mol. The molecule has 2 aromatic rings. The lowest BCUT2D eigenvalue weighted by atomic mass is 10.1. The van der Waals surface area contributed by atoms with Gasteiger partial charge in [-0.3, -0.25) is 9.59 Å². The quantitative estimate of drug-likeness (QED) is 0.539. The van der Waals surface area contributed by atoms with E-state index in [1.165, 1.54) is 23.9 Å². The van der Waals surface area contributed by atoms with Gasteiger partial charge in [0.05, 0.1) is 5.92 Å². The first-order chi connectivity index (χ1) is 13.7. The van der Waals surface area contributed by atoms with Gasteiger partial charge in [-0.25, -0.2) is 17.6 Å². The Labute approximate surface area is 167 Å². The van der Waals surface area contributed by atoms with Crippen molar-refractivity contribution in [3.05, 3.63) is 59.2 Å². The number of anilines is 1. The van der Waals surface area contributed by atoms with E-state index in [0.29, 0.717) is 25.0 Å². The average molecular weight is 425 g/mol. The second kappa shape index (κ2) is 7.37. The highest BCUT2D eigenvalue weighted by Gasteiger charge is 2.59. The third kappa shape index (κ3) is 3.83. The lowest BCUT2D eigenvalue weighted by Crippen LogP contribution is -2.13. The first-order valence-electron chi connectivity index (χ1n) is 8.89. The highest BCUT2D eigenvalue weighted by atomic mass is 32.2. The number of fused-ring (bicyclic) bond motifs is 1. The van der Waals surface area contributed by atoms with Crippen LogP contribution < -0.4 is 5.32 Å². The summed E-state index contributed by atoms with van der Waals surface area (Å²) in [5.41, 5.74) is -0.189. The molecule has 4 nitrogen and oxygen atoms in total. The van der Waals surface area contributed by atoms with Gasteiger partial charge in [0.15, 0.2) is 17.5 Å². The SMILES string of the molecule is O=C(Nc1cc(F)c(F)c(F)c1)c1ccc(F)c(SC2CC3C(C(=O)O)[C@@H]3C2)c1. The summed E-state index contributed by atoms with van der Waals surface area (Å²) >= 11 is 1.25. The number of carboxylic acids is 1. The fraction of sp³-hybridized carbons (Fsp3) is 0.300. The maximum absolute atomic E-state index is 14.2. The molecule has 3 unspecified atom stereocenters. The predicted octanol–water partition coefficient (Wildman–Crippen LogP) is 4.70. The van der Waals surface area contributed by atoms with Gasteiger partial charge in [0.1, 0.15) is 5.82 Å². The Bertz CT molecular complexity index is 980. The average Bonchev–Trinajstić information content (AvgIpc) is 3.18. The van der Waals surface area contributed by atoms with Gasteiger partial charge < -0.3 is 10.4 Å². The molecule has 29 heavy (non-hydrogen) atoms. The van der Waals surface area contributed by atoms with Gasteiger partial charge in [-0.2, -0.15) is 0 Å². The molecule has 0 heterocycles. The molecule has 0 radical (unpaired) electrons. The number of carbonyl (C=O) groups excluding carboxylic acids is 1. The Morgan fingerprint density at radius 2 is 1.59 bits per heavy atom. The van der Waals surface area contributed by atoms with E-state index in [2.05, 4.69) is 5.32 Å². The van der Waals surface area contributed by atoms with Crippen LogP contribution in [0, 0.1) is 41.0 Å². The monoisotopic (exact) mass is 425 g/mol. The molecule has 4 rings (SSSR count). The molecule has 0 aliphatic heterocycles. The van der Waals surface area contributed by atoms with E-state index in [1.54, 1.807) is 0 Å². The number of nitrogens with one attached hydrogen (secondary N) is 1. The molecule has 2 saturated carbocycles. The Kier molecular flexibility index (Phi) is 5.02. The van der Waals surface area contributed by atoms with Crippen LogP contribution in [0.5, 0.6) is 0 Å². The minimum atomic E-state index is -1.64. The van der Waals surface area contributed by atoms with E-state index in [-0.39, 0.29) is 39.1 Å². The van der Waals surface area contributed by atoms with Crippen molar-refractivity contribution in [3.63, 3.8) is 0 Å². The first-order valence-corrected chi connectivity index (χ1v) is 9.77. The van der Waals surface area contributed by atoms with Crippen LogP contribution in [0.2, 0.25) is 0 Å². The summed E-state index contributed by atoms with van der Waals surface area (Å²) in [6.07, 6.45) is 1.35. The van der Waals surface area contributed by atoms with Crippen LogP contribution in [0.15, 0.2) is 35.2 Å². The molecule has 0 aromatic heterocycles. The molecule has 2 fully saturated rings. The van der Waals surface area contributed by atoms with Gasteiger partial charge >= 0.3 is 5.97 Å². The van der Waals surface area contributed by atoms with E-state index in [0.717, 1.165) is 6.07 Å². The second-order valence-corrected chi connectivity index (χ2v) is 8.60. The topological polar surface area (TPSA) is 66.4 Å². The number of halogens is 4. The summed E-state index contributed by atoms with van der Waals surface area (Å²) in [6, 6.07) is 5.00. The Balaban J connectivity index is 1.44. The summed E-state index contributed by atoms with van der Waals surface area (Å²) in [5.74, 6) is -6.58. The number of thioether (sulfide) groups is 1. The van der Waals surface area contributed by atoms with Crippen LogP contribution in [-0.2, 0) is 4.79 Å². The fourth-order valence-electron chi connectivity index (χ4n) is 4.00. The maximum atomic E-state index is 14.2. The first kappa shape index (κ1) is 19.8. The summed E-state index contributed by atoms with van der Waals surface area (Å²) in [4.78, 5) is 23.6. The lowest BCUT2D eigenvalue weighted by Gasteiger charge is -2.14. The van der Waals surface area contributed by atoms with Crippen molar-refractivity contribution < 1.29 is 32.3 Å². The van der Waals surface area contributed by atoms with Crippen molar-refractivity contribution in [3.8, 4) is 0 Å². The van der Waals surface area contributed by atoms with E-state index in [1.807, 2.05) is 0 Å². The Morgan fingerprint density at radius 1 is 0.966 bits per heavy atom. The highest BCUT2D eigenvalue weighted by Crippen LogP contribution is 2.60. The van der Waals surface area contributed by atoms with Crippen molar-refractivity contribution in [2.24, 2.45) is 17.8 Å². The number of hydrogen-bond acceptors (Lipinski definition) is 3. The van der Waals surface area contributed by atoms with Crippen molar-refractivity contribution in [1.29, 1.82) is 0 Å². The Hall–Kier alpha value is -2.55. The largest absolute Gasteiger partial charge is 0.481 e. The van der Waals surface area contributed by atoms with Gasteiger partial charge in [-0.15, -0.1) is 11.8 Å². The van der Waals surface area contributed by atoms with Crippen LogP contribution >= 0.6 is 11.8 Å². The molecular formula is C20H15F4NO3S. The summed E-state index contributed by atoms with van der Waals surface area (Å²) in [5, 5.41) is 11.4. The molecule has 9 heteroatoms. The molecule has 2 aliphatic rings. The molecule has 0 spiro atoms. The molecule has 0 bridgehead atoms. The minimum absolute atomic E-state index is 0.0636. The number of amides is 1. The predicted molar refractivity (Wildman–Crippen MR) is 97.7 cm³/mol. The zero-order valence-electron chi connectivity index (χ0n) is 14.8. The molecule has 152 valence electrons. The van der Waals surface area contributed by atoms with Gasteiger partial charge in [0.2, 0.25) is 0 Å². The van der Waals surface area contributed by atoms with Crippen LogP contribution in [0.3, 0.4) is 0 Å². The molecule has 1 amide bonds. The summed E-state index contributed by atoms with van der Waals surface area (Å²) in [6.45, 7) is 0. The molecule has 2 N–H and O–H groups in total. The molecule has 2 aromatic carbocycles. The highest BCUT2D eigenvalue weighted by molar-refractivity contribution is 8.00. The maximum Gasteiger partial charge on any atom is 0.307 e. The second-order valence-electron chi connectivity index (χ2n) is 7.26. The number of benzene rings is 2. The number of carbonyl (C=O) groups is 2. The summed E-state index contributed by atoms with van der Waals surface area (Å²) in [7, 11) is 0. The number of aliphatic carboxylic acids is 1. The Morgan fingerprint density at radius 3 is 2.17 bits per heavy atom. The number of carboxylic acid groups (broad SMARTS) is 1. The van der Waals surface area contributed by atoms with Crippen LogP contribution in [0.25, 0.3) is 0 Å². The van der Waals surface area contributed by atoms with Gasteiger partial charge in [-0.1, -0.05) is 0 Å². The van der Waals surface area contributed by atoms with Crippen molar-refractivity contribution in [1.82, 2.24) is 0 Å². The van der Waals surface area contributed by atoms with Crippen LogP contribution in [-0.4, -0.2) is 22.2 Å². The third-order valence-electron chi connectivity index (χ3n) is 5.42. The normalized spacial score (nSPS) is 24.8. The third-order valence-corrected chi connectivity index (χ3v) is 6.70. The van der Waals surface area contributed by atoms with Crippen molar-refractivity contribution >= 4 is 29.3 Å². The van der Waals surface area contributed by atoms with E-state index < -0.39 is 35.1 Å². The van der Waals surface area contributed by atoms with Crippen LogP contribution in [0.4, 0.5) is 23.2 Å². The zero-order valence-corrected chi connectivity index (χ0v) is 15.6. The molecule has 4 atom stereocenters. The molecule has 0 saturated heterocycles. The lowest BCUT2D eigenvalue weighted by molar-refractivity contribution is -0.139. The van der Waals surface area contributed by atoms with E-state index >= 15 is 0 Å². The minimum Gasteiger partial charge on any atom is -0.481 e. The van der Waals surface area contributed by atoms with Gasteiger partial charge in [0, 0.05) is 33.5 Å². The van der Waals surface area contributed by atoms with Crippen LogP contribution in [0.1, 0.15) is 23.2 Å². The van der Waals surface area contributed by atoms with Crippen molar-refractivity contribution in [2.75, 3.05) is 5.32 Å². The van der Waals surface area contributed by atoms with Gasteiger partial charge in [-0.05, 0) is 42.9 Å². The number of hydrogen-bond donors (Lipinski definition) is 2. The zero-order chi connectivity index (χ0) is 20.9. The summed E-state index contributed by atoms with van der Waals surface area (Å²) < 4.78 is 53.8. The van der Waals surface area contributed by atoms with Gasteiger partial charge in [0.25, 0.3) is 5.91 Å². The molecule has 2 aliphatic carbocycles. The number of rotatable bonds is 5.